The van der Waals surface area contributed by atoms with Gasteiger partial charge in [-0.05, 0) is 12.1 Å². The third-order valence-electron chi connectivity index (χ3n) is 2.41. The topological polar surface area (TPSA) is 97.5 Å². The van der Waals surface area contributed by atoms with Gasteiger partial charge in [0.25, 0.3) is 5.69 Å². The van der Waals surface area contributed by atoms with E-state index in [-0.39, 0.29) is 22.8 Å². The molecule has 1 N–H and O–H groups in total. The van der Waals surface area contributed by atoms with Gasteiger partial charge in [-0.3, -0.25) is 19.1 Å². The van der Waals surface area contributed by atoms with Gasteiger partial charge in [0.1, 0.15) is 5.82 Å². The van der Waals surface area contributed by atoms with Crippen molar-refractivity contribution in [2.45, 2.75) is 12.7 Å². The Balaban J connectivity index is 2.87. The van der Waals surface area contributed by atoms with E-state index in [4.69, 9.17) is 5.11 Å². The van der Waals surface area contributed by atoms with Crippen molar-refractivity contribution in [1.29, 1.82) is 0 Å². The first-order valence-electron chi connectivity index (χ1n) is 5.32. The van der Waals surface area contributed by atoms with Gasteiger partial charge in [-0.1, -0.05) is 6.92 Å². The van der Waals surface area contributed by atoms with Crippen LogP contribution in [0.4, 0.5) is 10.1 Å². The molecule has 6 nitrogen and oxygen atoms in total. The Kier molecular flexibility index (Phi) is 5.11. The van der Waals surface area contributed by atoms with E-state index in [2.05, 4.69) is 0 Å². The van der Waals surface area contributed by atoms with Crippen LogP contribution in [0.5, 0.6) is 0 Å². The Bertz CT molecular complexity index is 534. The highest BCUT2D eigenvalue weighted by molar-refractivity contribution is 7.84. The molecule has 0 radical (unpaired) electrons. The number of carboxylic acids is 1. The van der Waals surface area contributed by atoms with Crippen molar-refractivity contribution in [1.82, 2.24) is 0 Å². The lowest BCUT2D eigenvalue weighted by Gasteiger charge is -2.07. The van der Waals surface area contributed by atoms with Crippen LogP contribution in [0.15, 0.2) is 18.2 Å². The molecule has 0 aliphatic rings. The first-order chi connectivity index (χ1) is 8.81. The summed E-state index contributed by atoms with van der Waals surface area (Å²) in [5.41, 5.74) is -0.321. The third-order valence-corrected chi connectivity index (χ3v) is 3.92. The monoisotopic (exact) mass is 289 g/mol. The highest BCUT2D eigenvalue weighted by atomic mass is 32.2. The minimum atomic E-state index is -1.61. The van der Waals surface area contributed by atoms with Crippen LogP contribution in [0.2, 0.25) is 0 Å². The zero-order chi connectivity index (χ0) is 14.6. The van der Waals surface area contributed by atoms with E-state index < -0.39 is 33.4 Å². The molecule has 0 bridgehead atoms. The Morgan fingerprint density at radius 3 is 2.74 bits per heavy atom. The molecule has 104 valence electrons. The van der Waals surface area contributed by atoms with Crippen molar-refractivity contribution in [2.75, 3.05) is 5.75 Å². The molecule has 0 amide bonds. The highest BCUT2D eigenvalue weighted by Crippen LogP contribution is 2.21. The van der Waals surface area contributed by atoms with Crippen molar-refractivity contribution in [3.63, 3.8) is 0 Å². The maximum Gasteiger partial charge on any atom is 0.307 e. The van der Waals surface area contributed by atoms with Crippen molar-refractivity contribution in [3.05, 3.63) is 39.7 Å². The molecule has 19 heavy (non-hydrogen) atoms. The minimum absolute atomic E-state index is 0.000854. The number of aliphatic carboxylic acids is 1. The first kappa shape index (κ1) is 15.2. The maximum atomic E-state index is 13.0. The fraction of sp³-hybridized carbons (Fsp3) is 0.364. The summed E-state index contributed by atoms with van der Waals surface area (Å²) in [4.78, 5) is 20.7. The number of nitrogens with zero attached hydrogens (tertiary/aromatic N) is 1. The van der Waals surface area contributed by atoms with Gasteiger partial charge in [0.05, 0.1) is 16.6 Å². The molecule has 0 aliphatic heterocycles. The van der Waals surface area contributed by atoms with Crippen LogP contribution in [0.25, 0.3) is 0 Å². The third kappa shape index (κ3) is 4.40. The number of carboxylic acid groups (broad SMARTS) is 1. The second-order valence-electron chi connectivity index (χ2n) is 4.02. The molecule has 1 rings (SSSR count). The van der Waals surface area contributed by atoms with E-state index in [0.717, 1.165) is 18.2 Å². The summed E-state index contributed by atoms with van der Waals surface area (Å²) in [6.07, 6.45) is 0. The molecule has 2 atom stereocenters. The molecular weight excluding hydrogens is 277 g/mol. The number of nitro benzene ring substituents is 1. The van der Waals surface area contributed by atoms with Gasteiger partial charge >= 0.3 is 5.97 Å². The highest BCUT2D eigenvalue weighted by Gasteiger charge is 2.20. The number of benzene rings is 1. The van der Waals surface area contributed by atoms with Crippen LogP contribution < -0.4 is 0 Å². The van der Waals surface area contributed by atoms with E-state index >= 15 is 0 Å². The number of halogens is 1. The zero-order valence-corrected chi connectivity index (χ0v) is 10.9. The molecule has 0 aromatic heterocycles. The number of carbonyl (C=O) groups is 1. The Hall–Kier alpha value is -1.83. The van der Waals surface area contributed by atoms with Crippen LogP contribution in [0.3, 0.4) is 0 Å². The van der Waals surface area contributed by atoms with E-state index in [1.54, 1.807) is 0 Å². The molecule has 0 saturated heterocycles. The van der Waals surface area contributed by atoms with Gasteiger partial charge in [-0.15, -0.1) is 0 Å². The lowest BCUT2D eigenvalue weighted by molar-refractivity contribution is -0.385. The molecule has 0 saturated carbocycles. The fourth-order valence-corrected chi connectivity index (χ4v) is 2.83. The van der Waals surface area contributed by atoms with Gasteiger partial charge in [0.15, 0.2) is 0 Å². The van der Waals surface area contributed by atoms with Gasteiger partial charge in [0, 0.05) is 28.2 Å². The van der Waals surface area contributed by atoms with Crippen molar-refractivity contribution < 1.29 is 23.4 Å². The molecule has 0 fully saturated rings. The molecule has 1 aromatic rings. The molecule has 0 aliphatic carbocycles. The molecule has 0 heterocycles. The summed E-state index contributed by atoms with van der Waals surface area (Å²) in [6, 6.07) is 2.90. The largest absolute Gasteiger partial charge is 0.481 e. The molecular formula is C11H12FNO5S. The van der Waals surface area contributed by atoms with E-state index in [1.165, 1.54) is 6.92 Å². The van der Waals surface area contributed by atoms with E-state index in [9.17, 15) is 23.5 Å². The smallest absolute Gasteiger partial charge is 0.307 e. The Morgan fingerprint density at radius 2 is 2.21 bits per heavy atom. The quantitative estimate of drug-likeness (QED) is 0.635. The Morgan fingerprint density at radius 1 is 1.58 bits per heavy atom. The lowest BCUT2D eigenvalue weighted by Crippen LogP contribution is -2.18. The summed E-state index contributed by atoms with van der Waals surface area (Å²) in [5.74, 6) is -2.96. The molecule has 8 heteroatoms. The van der Waals surface area contributed by atoms with Crippen LogP contribution in [0.1, 0.15) is 12.5 Å². The normalized spacial score (nSPS) is 13.8. The number of hydrogen-bond acceptors (Lipinski definition) is 4. The summed E-state index contributed by atoms with van der Waals surface area (Å²) in [5, 5.41) is 19.4. The maximum absolute atomic E-state index is 13.0. The van der Waals surface area contributed by atoms with Crippen LogP contribution in [0, 0.1) is 21.8 Å². The second kappa shape index (κ2) is 6.37. The summed E-state index contributed by atoms with van der Waals surface area (Å²) < 4.78 is 24.8. The van der Waals surface area contributed by atoms with Crippen molar-refractivity contribution in [3.8, 4) is 0 Å². The van der Waals surface area contributed by atoms with Crippen LogP contribution in [-0.2, 0) is 21.3 Å². The van der Waals surface area contributed by atoms with Gasteiger partial charge < -0.3 is 5.11 Å². The second-order valence-corrected chi connectivity index (χ2v) is 5.52. The number of hydrogen-bond donors (Lipinski definition) is 1. The fourth-order valence-electron chi connectivity index (χ4n) is 1.43. The van der Waals surface area contributed by atoms with E-state index in [0.29, 0.717) is 0 Å². The average Bonchev–Trinajstić information content (AvgIpc) is 2.27. The zero-order valence-electron chi connectivity index (χ0n) is 10.0. The molecule has 1 aromatic carbocycles. The average molecular weight is 289 g/mol. The van der Waals surface area contributed by atoms with Crippen molar-refractivity contribution >= 4 is 22.5 Å². The van der Waals surface area contributed by atoms with Crippen LogP contribution in [-0.4, -0.2) is 26.0 Å². The summed E-state index contributed by atoms with van der Waals surface area (Å²) in [6.45, 7) is 1.39. The lowest BCUT2D eigenvalue weighted by atomic mass is 10.2. The van der Waals surface area contributed by atoms with Gasteiger partial charge in [-0.2, -0.15) is 0 Å². The number of nitro groups is 1. The SMILES string of the molecule is CC(CS(=O)Cc1cc(F)ccc1[N+](=O)[O-])C(=O)O. The Labute approximate surface area is 110 Å². The van der Waals surface area contributed by atoms with Gasteiger partial charge in [-0.25, -0.2) is 4.39 Å². The predicted molar refractivity (Wildman–Crippen MR) is 66.6 cm³/mol. The molecule has 0 spiro atoms. The van der Waals surface area contributed by atoms with Gasteiger partial charge in [0.2, 0.25) is 0 Å². The number of rotatable bonds is 6. The van der Waals surface area contributed by atoms with E-state index in [1.807, 2.05) is 0 Å². The first-order valence-corrected chi connectivity index (χ1v) is 6.80. The predicted octanol–water partition coefficient (Wildman–Crippen LogP) is 1.70. The standard InChI is InChI=1S/C11H12FNO5S/c1-7(11(14)15)5-19(18)6-8-4-9(12)2-3-10(8)13(16)17/h2-4,7H,5-6H2,1H3,(H,14,15). The van der Waals surface area contributed by atoms with Crippen LogP contribution >= 0.6 is 0 Å². The molecule has 2 unspecified atom stereocenters. The summed E-state index contributed by atoms with van der Waals surface area (Å²) >= 11 is 0. The van der Waals surface area contributed by atoms with Crippen molar-refractivity contribution in [2.24, 2.45) is 5.92 Å². The summed E-state index contributed by atoms with van der Waals surface area (Å²) in [7, 11) is -1.61. The minimum Gasteiger partial charge on any atom is -0.481 e.